The van der Waals surface area contributed by atoms with Gasteiger partial charge in [0.05, 0.1) is 24.3 Å². The maximum absolute atomic E-state index is 13.5. The second-order valence-corrected chi connectivity index (χ2v) is 13.9. The molecule has 0 saturated carbocycles. The smallest absolute Gasteiger partial charge is 0.336 e. The van der Waals surface area contributed by atoms with Gasteiger partial charge < -0.3 is 19.7 Å². The van der Waals surface area contributed by atoms with Gasteiger partial charge >= 0.3 is 11.9 Å². The monoisotopic (exact) mass is 754 g/mol. The van der Waals surface area contributed by atoms with E-state index in [-0.39, 0.29) is 23.5 Å². The number of fused-ring (bicyclic) bond motifs is 2. The Morgan fingerprint density at radius 3 is 1.43 bits per heavy atom. The lowest BCUT2D eigenvalue weighted by Gasteiger charge is -2.26. The molecule has 0 unspecified atom stereocenters. The Bertz CT molecular complexity index is 2200. The maximum atomic E-state index is 13.5. The molecule has 4 heterocycles. The number of aromatic nitrogens is 2. The van der Waals surface area contributed by atoms with Gasteiger partial charge in [0.2, 0.25) is 0 Å². The van der Waals surface area contributed by atoms with Gasteiger partial charge in [-0.2, -0.15) is 0 Å². The summed E-state index contributed by atoms with van der Waals surface area (Å²) in [6.45, 7) is 1.23. The minimum Gasteiger partial charge on any atom is -0.493 e. The molecule has 2 aliphatic heterocycles. The van der Waals surface area contributed by atoms with Crippen molar-refractivity contribution in [3.8, 4) is 33.8 Å². The lowest BCUT2D eigenvalue weighted by molar-refractivity contribution is 0.0684. The number of hydrogen-bond acceptors (Lipinski definition) is 6. The first-order chi connectivity index (χ1) is 27.2. The zero-order valence-corrected chi connectivity index (χ0v) is 30.5. The summed E-state index contributed by atoms with van der Waals surface area (Å²) in [5, 5.41) is 18.7. The molecule has 0 amide bonds. The van der Waals surface area contributed by atoms with Crippen LogP contribution in [0.4, 0.5) is 8.78 Å². The average Bonchev–Trinajstić information content (AvgIpc) is 3.22. The third-order valence-electron chi connectivity index (χ3n) is 10.5. The SMILES string of the molecule is O=C(O)c1ccncc1CC[C@@H]1CCOc2cc(-c3cccc(F)c3)ccc21.O=C(O)c1ccncc1CC[C@H]1CCOc2cc(-c3cccc(F)c3)ccc21. The van der Waals surface area contributed by atoms with Crippen LogP contribution >= 0.6 is 0 Å². The number of aryl methyl sites for hydroxylation is 2. The summed E-state index contributed by atoms with van der Waals surface area (Å²) >= 11 is 0. The van der Waals surface area contributed by atoms with Crippen molar-refractivity contribution in [1.82, 2.24) is 9.97 Å². The summed E-state index contributed by atoms with van der Waals surface area (Å²) in [6.07, 6.45) is 11.0. The molecule has 0 fully saturated rings. The van der Waals surface area contributed by atoms with Crippen LogP contribution in [0.2, 0.25) is 0 Å². The number of carbonyl (C=O) groups is 2. The largest absolute Gasteiger partial charge is 0.493 e. The molecular weight excluding hydrogens is 715 g/mol. The lowest BCUT2D eigenvalue weighted by atomic mass is 9.86. The number of carboxylic acid groups (broad SMARTS) is 2. The van der Waals surface area contributed by atoms with E-state index in [0.29, 0.717) is 37.2 Å². The van der Waals surface area contributed by atoms with Gasteiger partial charge in [-0.3, -0.25) is 9.97 Å². The van der Waals surface area contributed by atoms with E-state index in [9.17, 15) is 28.6 Å². The highest BCUT2D eigenvalue weighted by Gasteiger charge is 2.24. The first-order valence-electron chi connectivity index (χ1n) is 18.6. The van der Waals surface area contributed by atoms with Crippen molar-refractivity contribution < 1.29 is 38.1 Å². The molecule has 0 spiro atoms. The molecule has 0 bridgehead atoms. The predicted octanol–water partition coefficient (Wildman–Crippen LogP) is 10.2. The number of benzene rings is 4. The summed E-state index contributed by atoms with van der Waals surface area (Å²) in [5.74, 6) is -0.168. The minimum atomic E-state index is -0.926. The highest BCUT2D eigenvalue weighted by Crippen LogP contribution is 2.40. The number of pyridine rings is 2. The molecule has 6 aromatic rings. The maximum Gasteiger partial charge on any atom is 0.336 e. The van der Waals surface area contributed by atoms with Gasteiger partial charge in [0.1, 0.15) is 23.1 Å². The predicted molar refractivity (Wildman–Crippen MR) is 208 cm³/mol. The molecule has 2 aromatic heterocycles. The van der Waals surface area contributed by atoms with E-state index in [4.69, 9.17) is 9.47 Å². The van der Waals surface area contributed by atoms with Crippen molar-refractivity contribution in [2.24, 2.45) is 0 Å². The second kappa shape index (κ2) is 17.4. The molecule has 2 atom stereocenters. The van der Waals surface area contributed by atoms with E-state index in [1.165, 1.54) is 36.7 Å². The number of carboxylic acids is 2. The van der Waals surface area contributed by atoms with E-state index in [2.05, 4.69) is 9.97 Å². The van der Waals surface area contributed by atoms with Gasteiger partial charge in [-0.05, 0) is 143 Å². The van der Waals surface area contributed by atoms with Gasteiger partial charge in [0, 0.05) is 24.8 Å². The number of nitrogens with zero attached hydrogens (tertiary/aromatic N) is 2. The average molecular weight is 755 g/mol. The molecule has 2 N–H and O–H groups in total. The van der Waals surface area contributed by atoms with E-state index in [1.807, 2.05) is 48.5 Å². The van der Waals surface area contributed by atoms with Gasteiger partial charge in [-0.1, -0.05) is 48.5 Å². The zero-order valence-electron chi connectivity index (χ0n) is 30.5. The van der Waals surface area contributed by atoms with Crippen LogP contribution in [-0.4, -0.2) is 45.3 Å². The first kappa shape index (κ1) is 37.9. The fraction of sp³-hybridized carbons (Fsp3) is 0.217. The Kier molecular flexibility index (Phi) is 11.7. The quantitative estimate of drug-likeness (QED) is 0.142. The number of halogens is 2. The standard InChI is InChI=1S/2C23H20FNO3/c2*24-19-3-1-2-16(12-19)17-6-7-20-15(9-11-28-22(20)13-17)4-5-18-14-25-10-8-21(18)23(26)27/h2*1-3,6-8,10,12-15H,4-5,9,11H2,(H,26,27)/t2*15-/m10/s1. The van der Waals surface area contributed by atoms with Crippen LogP contribution < -0.4 is 9.47 Å². The highest BCUT2D eigenvalue weighted by molar-refractivity contribution is 5.89. The van der Waals surface area contributed by atoms with E-state index in [1.54, 1.807) is 36.7 Å². The van der Waals surface area contributed by atoms with E-state index < -0.39 is 11.9 Å². The molecular formula is C46H40F2N2O6. The molecule has 0 radical (unpaired) electrons. The van der Waals surface area contributed by atoms with Gasteiger partial charge in [-0.15, -0.1) is 0 Å². The fourth-order valence-corrected chi connectivity index (χ4v) is 7.55. The van der Waals surface area contributed by atoms with E-state index >= 15 is 0 Å². The van der Waals surface area contributed by atoms with Crippen molar-refractivity contribution in [3.63, 3.8) is 0 Å². The number of rotatable bonds is 10. The first-order valence-corrected chi connectivity index (χ1v) is 18.6. The van der Waals surface area contributed by atoms with Gasteiger partial charge in [0.25, 0.3) is 0 Å². The number of ether oxygens (including phenoxy) is 2. The van der Waals surface area contributed by atoms with Gasteiger partial charge in [-0.25, -0.2) is 18.4 Å². The second-order valence-electron chi connectivity index (χ2n) is 13.9. The van der Waals surface area contributed by atoms with Crippen LogP contribution in [0.3, 0.4) is 0 Å². The molecule has 4 aromatic carbocycles. The molecule has 8 rings (SSSR count). The van der Waals surface area contributed by atoms with Crippen LogP contribution in [-0.2, 0) is 12.8 Å². The molecule has 0 aliphatic carbocycles. The van der Waals surface area contributed by atoms with Crippen molar-refractivity contribution in [1.29, 1.82) is 0 Å². The van der Waals surface area contributed by atoms with Gasteiger partial charge in [0.15, 0.2) is 0 Å². The molecule has 0 saturated heterocycles. The van der Waals surface area contributed by atoms with Crippen LogP contribution in [0.15, 0.2) is 122 Å². The van der Waals surface area contributed by atoms with Crippen molar-refractivity contribution in [3.05, 3.63) is 167 Å². The third kappa shape index (κ3) is 8.92. The van der Waals surface area contributed by atoms with Crippen LogP contribution in [0.5, 0.6) is 11.5 Å². The fourth-order valence-electron chi connectivity index (χ4n) is 7.55. The third-order valence-corrected chi connectivity index (χ3v) is 10.5. The van der Waals surface area contributed by atoms with Crippen LogP contribution in [0, 0.1) is 11.6 Å². The van der Waals surface area contributed by atoms with Crippen molar-refractivity contribution in [2.45, 2.75) is 50.4 Å². The Labute approximate surface area is 323 Å². The van der Waals surface area contributed by atoms with Crippen LogP contribution in [0.25, 0.3) is 22.3 Å². The van der Waals surface area contributed by atoms with Crippen LogP contribution in [0.1, 0.15) is 80.5 Å². The summed E-state index contributed by atoms with van der Waals surface area (Å²) < 4.78 is 38.8. The highest BCUT2D eigenvalue weighted by atomic mass is 19.1. The molecule has 2 aliphatic rings. The summed E-state index contributed by atoms with van der Waals surface area (Å²) in [5.41, 5.74) is 7.81. The Balaban J connectivity index is 0.000000172. The number of aromatic carboxylic acids is 2. The number of hydrogen-bond donors (Lipinski definition) is 2. The summed E-state index contributed by atoms with van der Waals surface area (Å²) in [7, 11) is 0. The minimum absolute atomic E-state index is 0.264. The normalized spacial score (nSPS) is 15.5. The zero-order chi connectivity index (χ0) is 39.0. The van der Waals surface area contributed by atoms with Crippen molar-refractivity contribution >= 4 is 11.9 Å². The molecule has 284 valence electrons. The Morgan fingerprint density at radius 1 is 0.589 bits per heavy atom. The summed E-state index contributed by atoms with van der Waals surface area (Å²) in [6, 6.07) is 28.1. The van der Waals surface area contributed by atoms with E-state index in [0.717, 1.165) is 81.7 Å². The Hall–Kier alpha value is -6.42. The molecule has 8 nitrogen and oxygen atoms in total. The lowest BCUT2D eigenvalue weighted by Crippen LogP contribution is -2.15. The molecule has 56 heavy (non-hydrogen) atoms. The topological polar surface area (TPSA) is 119 Å². The molecule has 10 heteroatoms. The Morgan fingerprint density at radius 2 is 1.02 bits per heavy atom. The summed E-state index contributed by atoms with van der Waals surface area (Å²) in [4.78, 5) is 30.9. The van der Waals surface area contributed by atoms with Crippen molar-refractivity contribution in [2.75, 3.05) is 13.2 Å².